The predicted molar refractivity (Wildman–Crippen MR) is 105 cm³/mol. The molecule has 3 rings (SSSR count). The van der Waals surface area contributed by atoms with Crippen LogP contribution in [0.3, 0.4) is 0 Å². The van der Waals surface area contributed by atoms with E-state index >= 15 is 0 Å². The standard InChI is InChI=1S/C19H21BrN2O3S/c20-17-6-8-18(9-7-17)26(24,25)15-14-21-10-12-22(13-11-21)19(23)16-4-2-1-3-5-16/h1-9H,10-15H2. The van der Waals surface area contributed by atoms with Crippen molar-refractivity contribution in [3.63, 3.8) is 0 Å². The highest BCUT2D eigenvalue weighted by atomic mass is 79.9. The van der Waals surface area contributed by atoms with E-state index in [1.807, 2.05) is 35.2 Å². The second-order valence-electron chi connectivity index (χ2n) is 6.27. The van der Waals surface area contributed by atoms with Crippen LogP contribution in [0.25, 0.3) is 0 Å². The average molecular weight is 437 g/mol. The van der Waals surface area contributed by atoms with Crippen molar-refractivity contribution in [3.8, 4) is 0 Å². The summed E-state index contributed by atoms with van der Waals surface area (Å²) in [6.07, 6.45) is 0. The molecule has 0 spiro atoms. The molecule has 2 aromatic rings. The molecule has 0 aliphatic carbocycles. The third kappa shape index (κ3) is 4.72. The van der Waals surface area contributed by atoms with Crippen molar-refractivity contribution in [1.82, 2.24) is 9.80 Å². The number of piperazine rings is 1. The molecular weight excluding hydrogens is 416 g/mol. The van der Waals surface area contributed by atoms with E-state index in [9.17, 15) is 13.2 Å². The molecule has 1 saturated heterocycles. The molecule has 0 saturated carbocycles. The SMILES string of the molecule is O=C(c1ccccc1)N1CCN(CCS(=O)(=O)c2ccc(Br)cc2)CC1. The van der Waals surface area contributed by atoms with Crippen LogP contribution in [0.15, 0.2) is 64.0 Å². The lowest BCUT2D eigenvalue weighted by atomic mass is 10.2. The molecular formula is C19H21BrN2O3S. The lowest BCUT2D eigenvalue weighted by Crippen LogP contribution is -2.49. The zero-order valence-electron chi connectivity index (χ0n) is 14.3. The third-order valence-corrected chi connectivity index (χ3v) is 6.77. The molecule has 0 N–H and O–H groups in total. The molecule has 1 aliphatic rings. The number of carbonyl (C=O) groups is 1. The number of hydrogen-bond acceptors (Lipinski definition) is 4. The molecule has 2 aromatic carbocycles. The quantitative estimate of drug-likeness (QED) is 0.722. The summed E-state index contributed by atoms with van der Waals surface area (Å²) in [7, 11) is -3.29. The van der Waals surface area contributed by atoms with Crippen LogP contribution in [-0.2, 0) is 9.84 Å². The van der Waals surface area contributed by atoms with E-state index in [1.54, 1.807) is 24.3 Å². The molecule has 1 fully saturated rings. The fourth-order valence-corrected chi connectivity index (χ4v) is 4.50. The van der Waals surface area contributed by atoms with Crippen molar-refractivity contribution in [2.24, 2.45) is 0 Å². The zero-order valence-corrected chi connectivity index (χ0v) is 16.7. The lowest BCUT2D eigenvalue weighted by molar-refractivity contribution is 0.0644. The van der Waals surface area contributed by atoms with Gasteiger partial charge >= 0.3 is 0 Å². The summed E-state index contributed by atoms with van der Waals surface area (Å²) < 4.78 is 25.7. The Hall–Kier alpha value is -1.70. The van der Waals surface area contributed by atoms with Crippen molar-refractivity contribution in [2.75, 3.05) is 38.5 Å². The highest BCUT2D eigenvalue weighted by Gasteiger charge is 2.23. The van der Waals surface area contributed by atoms with Gasteiger partial charge < -0.3 is 4.90 Å². The van der Waals surface area contributed by atoms with Crippen molar-refractivity contribution < 1.29 is 13.2 Å². The molecule has 7 heteroatoms. The molecule has 26 heavy (non-hydrogen) atoms. The van der Waals surface area contributed by atoms with Gasteiger partial charge in [-0.2, -0.15) is 0 Å². The first-order chi connectivity index (χ1) is 12.5. The Morgan fingerprint density at radius 3 is 2.15 bits per heavy atom. The summed E-state index contributed by atoms with van der Waals surface area (Å²) in [5.74, 6) is 0.120. The Morgan fingerprint density at radius 1 is 0.923 bits per heavy atom. The molecule has 0 atom stereocenters. The van der Waals surface area contributed by atoms with Crippen LogP contribution in [0.4, 0.5) is 0 Å². The predicted octanol–water partition coefficient (Wildman–Crippen LogP) is 2.68. The fourth-order valence-electron chi connectivity index (χ4n) is 2.95. The van der Waals surface area contributed by atoms with Gasteiger partial charge in [-0.25, -0.2) is 8.42 Å². The van der Waals surface area contributed by atoms with Crippen molar-refractivity contribution in [3.05, 3.63) is 64.6 Å². The molecule has 0 unspecified atom stereocenters. The Morgan fingerprint density at radius 2 is 1.54 bits per heavy atom. The highest BCUT2D eigenvalue weighted by Crippen LogP contribution is 2.16. The Bertz CT molecular complexity index is 846. The number of rotatable bonds is 5. The van der Waals surface area contributed by atoms with Crippen LogP contribution in [0.2, 0.25) is 0 Å². The molecule has 0 radical (unpaired) electrons. The zero-order chi connectivity index (χ0) is 18.6. The number of nitrogens with zero attached hydrogens (tertiary/aromatic N) is 2. The third-order valence-electron chi connectivity index (χ3n) is 4.53. The van der Waals surface area contributed by atoms with Crippen molar-refractivity contribution >= 4 is 31.7 Å². The van der Waals surface area contributed by atoms with E-state index in [-0.39, 0.29) is 11.7 Å². The summed E-state index contributed by atoms with van der Waals surface area (Å²) in [5, 5.41) is 0. The first-order valence-electron chi connectivity index (χ1n) is 8.51. The van der Waals surface area contributed by atoms with Gasteiger partial charge in [0, 0.05) is 42.8 Å². The second kappa shape index (κ2) is 8.33. The van der Waals surface area contributed by atoms with E-state index in [4.69, 9.17) is 0 Å². The number of benzene rings is 2. The van der Waals surface area contributed by atoms with Crippen molar-refractivity contribution in [1.29, 1.82) is 0 Å². The van der Waals surface area contributed by atoms with Gasteiger partial charge in [-0.05, 0) is 36.4 Å². The van der Waals surface area contributed by atoms with Crippen LogP contribution in [-0.4, -0.2) is 62.6 Å². The maximum atomic E-state index is 12.4. The van der Waals surface area contributed by atoms with Gasteiger partial charge in [-0.3, -0.25) is 9.69 Å². The monoisotopic (exact) mass is 436 g/mol. The summed E-state index contributed by atoms with van der Waals surface area (Å²) in [4.78, 5) is 16.7. The first kappa shape index (κ1) is 19.1. The van der Waals surface area contributed by atoms with Crippen LogP contribution >= 0.6 is 15.9 Å². The van der Waals surface area contributed by atoms with E-state index < -0.39 is 9.84 Å². The molecule has 0 bridgehead atoms. The minimum absolute atomic E-state index is 0.0349. The largest absolute Gasteiger partial charge is 0.336 e. The minimum Gasteiger partial charge on any atom is -0.336 e. The minimum atomic E-state index is -3.29. The maximum Gasteiger partial charge on any atom is 0.253 e. The van der Waals surface area contributed by atoms with Gasteiger partial charge in [0.15, 0.2) is 9.84 Å². The number of sulfone groups is 1. The van der Waals surface area contributed by atoms with Gasteiger partial charge in [0.2, 0.25) is 0 Å². The second-order valence-corrected chi connectivity index (χ2v) is 9.30. The molecule has 0 aromatic heterocycles. The summed E-state index contributed by atoms with van der Waals surface area (Å²) in [6, 6.07) is 16.0. The summed E-state index contributed by atoms with van der Waals surface area (Å²) in [6.45, 7) is 3.09. The first-order valence-corrected chi connectivity index (χ1v) is 11.0. The van der Waals surface area contributed by atoms with Gasteiger partial charge in [0.05, 0.1) is 10.6 Å². The van der Waals surface area contributed by atoms with Crippen LogP contribution in [0.1, 0.15) is 10.4 Å². The number of hydrogen-bond donors (Lipinski definition) is 0. The maximum absolute atomic E-state index is 12.4. The number of halogens is 1. The van der Waals surface area contributed by atoms with Gasteiger partial charge in [0.1, 0.15) is 0 Å². The number of carbonyl (C=O) groups excluding carboxylic acids is 1. The molecule has 1 amide bonds. The van der Waals surface area contributed by atoms with E-state index in [0.29, 0.717) is 43.2 Å². The van der Waals surface area contributed by atoms with Crippen LogP contribution in [0.5, 0.6) is 0 Å². The van der Waals surface area contributed by atoms with Gasteiger partial charge in [0.25, 0.3) is 5.91 Å². The molecule has 138 valence electrons. The van der Waals surface area contributed by atoms with E-state index in [0.717, 1.165) is 4.47 Å². The molecule has 1 heterocycles. The Balaban J connectivity index is 1.51. The highest BCUT2D eigenvalue weighted by molar-refractivity contribution is 9.10. The lowest BCUT2D eigenvalue weighted by Gasteiger charge is -2.34. The van der Waals surface area contributed by atoms with E-state index in [1.165, 1.54) is 0 Å². The topological polar surface area (TPSA) is 57.7 Å². The van der Waals surface area contributed by atoms with Gasteiger partial charge in [-0.1, -0.05) is 34.1 Å². The van der Waals surface area contributed by atoms with E-state index in [2.05, 4.69) is 20.8 Å². The van der Waals surface area contributed by atoms with Crippen LogP contribution in [0, 0.1) is 0 Å². The molecule has 5 nitrogen and oxygen atoms in total. The Labute approximate surface area is 162 Å². The fraction of sp³-hybridized carbons (Fsp3) is 0.316. The Kier molecular flexibility index (Phi) is 6.11. The normalized spacial score (nSPS) is 15.8. The van der Waals surface area contributed by atoms with Crippen LogP contribution < -0.4 is 0 Å². The smallest absolute Gasteiger partial charge is 0.253 e. The summed E-state index contributed by atoms with van der Waals surface area (Å²) >= 11 is 3.31. The number of amides is 1. The molecule has 1 aliphatic heterocycles. The van der Waals surface area contributed by atoms with Gasteiger partial charge in [-0.15, -0.1) is 0 Å². The van der Waals surface area contributed by atoms with Crippen molar-refractivity contribution in [2.45, 2.75) is 4.90 Å². The summed E-state index contributed by atoms with van der Waals surface area (Å²) in [5.41, 5.74) is 0.693. The average Bonchev–Trinajstić information content (AvgIpc) is 2.67.